The van der Waals surface area contributed by atoms with Crippen LogP contribution in [0, 0.1) is 6.92 Å². The smallest absolute Gasteiger partial charge is 0.246 e. The monoisotopic (exact) mass is 463 g/mol. The van der Waals surface area contributed by atoms with E-state index in [1.807, 2.05) is 54.3 Å². The number of benzene rings is 3. The summed E-state index contributed by atoms with van der Waals surface area (Å²) >= 11 is 0. The number of nitrogens with zero attached hydrogens (tertiary/aromatic N) is 2. The molecule has 2 aliphatic rings. The van der Waals surface area contributed by atoms with Gasteiger partial charge in [0.2, 0.25) is 11.8 Å². The SMILES string of the molecule is Cc1ccc(CN2CC(=O)N3C(CCc4ccccc4)c4[nH]c5ccccc5c4C[C@H]3C2=O)cc1. The van der Waals surface area contributed by atoms with E-state index in [1.54, 1.807) is 4.90 Å². The quantitative estimate of drug-likeness (QED) is 0.456. The molecule has 1 N–H and O–H groups in total. The Morgan fingerprint density at radius 2 is 1.63 bits per heavy atom. The summed E-state index contributed by atoms with van der Waals surface area (Å²) in [5.41, 5.74) is 6.81. The molecule has 3 aromatic carbocycles. The summed E-state index contributed by atoms with van der Waals surface area (Å²) in [5.74, 6) is 0.0786. The number of aromatic amines is 1. The fraction of sp³-hybridized carbons (Fsp3) is 0.267. The maximum atomic E-state index is 13.8. The number of piperazine rings is 1. The molecule has 4 aromatic rings. The Morgan fingerprint density at radius 1 is 0.886 bits per heavy atom. The summed E-state index contributed by atoms with van der Waals surface area (Å²) in [6.45, 7) is 2.64. The highest BCUT2D eigenvalue weighted by Crippen LogP contribution is 2.41. The van der Waals surface area contributed by atoms with Crippen LogP contribution in [0.15, 0.2) is 78.9 Å². The Bertz CT molecular complexity index is 1390. The van der Waals surface area contributed by atoms with Crippen molar-refractivity contribution in [2.24, 2.45) is 0 Å². The fourth-order valence-corrected chi connectivity index (χ4v) is 5.74. The summed E-state index contributed by atoms with van der Waals surface area (Å²) in [6.07, 6.45) is 2.17. The van der Waals surface area contributed by atoms with Gasteiger partial charge < -0.3 is 14.8 Å². The van der Waals surface area contributed by atoms with Gasteiger partial charge in [0.1, 0.15) is 12.6 Å². The van der Waals surface area contributed by atoms with Gasteiger partial charge in [-0.1, -0.05) is 78.4 Å². The number of aromatic nitrogens is 1. The van der Waals surface area contributed by atoms with Crippen LogP contribution in [-0.4, -0.2) is 39.2 Å². The molecular weight excluding hydrogens is 434 g/mol. The zero-order valence-corrected chi connectivity index (χ0v) is 19.9. The van der Waals surface area contributed by atoms with Gasteiger partial charge in [0.15, 0.2) is 0 Å². The zero-order valence-electron chi connectivity index (χ0n) is 19.9. The Kier molecular flexibility index (Phi) is 5.40. The number of aryl methyl sites for hydroxylation is 2. The fourth-order valence-electron chi connectivity index (χ4n) is 5.74. The molecule has 0 bridgehead atoms. The Balaban J connectivity index is 1.35. The molecule has 5 heteroatoms. The number of carbonyl (C=O) groups is 2. The van der Waals surface area contributed by atoms with E-state index < -0.39 is 6.04 Å². The summed E-state index contributed by atoms with van der Waals surface area (Å²) < 4.78 is 0. The third-order valence-electron chi connectivity index (χ3n) is 7.50. The number of rotatable bonds is 5. The molecule has 0 aliphatic carbocycles. The van der Waals surface area contributed by atoms with Crippen molar-refractivity contribution in [3.63, 3.8) is 0 Å². The Hall–Kier alpha value is -3.86. The van der Waals surface area contributed by atoms with E-state index in [0.717, 1.165) is 35.0 Å². The van der Waals surface area contributed by atoms with Gasteiger partial charge in [-0.2, -0.15) is 0 Å². The van der Waals surface area contributed by atoms with Gasteiger partial charge >= 0.3 is 0 Å². The first kappa shape index (κ1) is 21.7. The minimum Gasteiger partial charge on any atom is -0.356 e. The zero-order chi connectivity index (χ0) is 23.9. The molecule has 5 nitrogen and oxygen atoms in total. The molecule has 1 fully saturated rings. The third kappa shape index (κ3) is 3.91. The Morgan fingerprint density at radius 3 is 2.43 bits per heavy atom. The topological polar surface area (TPSA) is 56.4 Å². The van der Waals surface area contributed by atoms with Crippen molar-refractivity contribution in [3.05, 3.63) is 107 Å². The highest BCUT2D eigenvalue weighted by atomic mass is 16.2. The van der Waals surface area contributed by atoms with Crippen LogP contribution in [0.2, 0.25) is 0 Å². The standard InChI is InChI=1S/C30H29N3O2/c1-20-11-13-22(14-12-20)18-32-19-28(34)33-26(16-15-21-7-3-2-4-8-21)29-24(17-27(33)30(32)35)23-9-5-6-10-25(23)31-29/h2-14,26-27,31H,15-19H2,1H3/t26?,27-/m0/s1. The summed E-state index contributed by atoms with van der Waals surface area (Å²) in [5, 5.41) is 1.16. The van der Waals surface area contributed by atoms with E-state index in [0.29, 0.717) is 13.0 Å². The van der Waals surface area contributed by atoms with Crippen molar-refractivity contribution in [2.75, 3.05) is 6.54 Å². The summed E-state index contributed by atoms with van der Waals surface area (Å²) in [4.78, 5) is 34.6. The molecular formula is C30H29N3O2. The number of nitrogens with one attached hydrogen (secondary N) is 1. The van der Waals surface area contributed by atoms with Crippen LogP contribution in [0.4, 0.5) is 0 Å². The van der Waals surface area contributed by atoms with Crippen LogP contribution < -0.4 is 0 Å². The van der Waals surface area contributed by atoms with Crippen LogP contribution >= 0.6 is 0 Å². The van der Waals surface area contributed by atoms with Gasteiger partial charge in [0, 0.05) is 29.6 Å². The molecule has 6 rings (SSSR count). The van der Waals surface area contributed by atoms with Crippen LogP contribution in [0.5, 0.6) is 0 Å². The van der Waals surface area contributed by atoms with Crippen molar-refractivity contribution >= 4 is 22.7 Å². The van der Waals surface area contributed by atoms with E-state index in [9.17, 15) is 9.59 Å². The minimum atomic E-state index is -0.464. The predicted octanol–water partition coefficient (Wildman–Crippen LogP) is 4.95. The normalized spacial score (nSPS) is 19.7. The van der Waals surface area contributed by atoms with Gasteiger partial charge in [-0.3, -0.25) is 9.59 Å². The van der Waals surface area contributed by atoms with E-state index in [4.69, 9.17) is 0 Å². The second-order valence-electron chi connectivity index (χ2n) is 9.80. The third-order valence-corrected chi connectivity index (χ3v) is 7.50. The number of hydrogen-bond donors (Lipinski definition) is 1. The lowest BCUT2D eigenvalue weighted by atomic mass is 9.86. The van der Waals surface area contributed by atoms with E-state index in [1.165, 1.54) is 16.7 Å². The average Bonchev–Trinajstić information content (AvgIpc) is 3.25. The van der Waals surface area contributed by atoms with Crippen molar-refractivity contribution in [3.8, 4) is 0 Å². The molecule has 1 aromatic heterocycles. The van der Waals surface area contributed by atoms with Crippen LogP contribution in [0.25, 0.3) is 10.9 Å². The first-order chi connectivity index (χ1) is 17.1. The highest BCUT2D eigenvalue weighted by molar-refractivity contribution is 5.97. The second-order valence-corrected chi connectivity index (χ2v) is 9.80. The molecule has 0 spiro atoms. The second kappa shape index (κ2) is 8.73. The Labute approximate surface area is 205 Å². The van der Waals surface area contributed by atoms with Crippen molar-refractivity contribution in [2.45, 2.75) is 44.8 Å². The van der Waals surface area contributed by atoms with Crippen LogP contribution in [0.3, 0.4) is 0 Å². The maximum Gasteiger partial charge on any atom is 0.246 e. The van der Waals surface area contributed by atoms with Crippen molar-refractivity contribution in [1.82, 2.24) is 14.8 Å². The predicted molar refractivity (Wildman–Crippen MR) is 137 cm³/mol. The molecule has 2 amide bonds. The minimum absolute atomic E-state index is 0.0316. The first-order valence-electron chi connectivity index (χ1n) is 12.4. The number of carbonyl (C=O) groups excluding carboxylic acids is 2. The van der Waals surface area contributed by atoms with Gasteiger partial charge in [-0.15, -0.1) is 0 Å². The number of para-hydroxylation sites is 1. The molecule has 0 radical (unpaired) electrons. The molecule has 176 valence electrons. The number of hydrogen-bond acceptors (Lipinski definition) is 2. The van der Waals surface area contributed by atoms with Gasteiger partial charge in [0.05, 0.1) is 6.04 Å². The molecule has 35 heavy (non-hydrogen) atoms. The van der Waals surface area contributed by atoms with Gasteiger partial charge in [0.25, 0.3) is 0 Å². The van der Waals surface area contributed by atoms with E-state index in [2.05, 4.69) is 41.4 Å². The molecule has 2 atom stereocenters. The number of fused-ring (bicyclic) bond motifs is 4. The molecule has 1 unspecified atom stereocenters. The molecule has 2 aliphatic heterocycles. The lowest BCUT2D eigenvalue weighted by Crippen LogP contribution is -2.62. The average molecular weight is 464 g/mol. The first-order valence-corrected chi connectivity index (χ1v) is 12.4. The van der Waals surface area contributed by atoms with E-state index >= 15 is 0 Å². The molecule has 1 saturated heterocycles. The van der Waals surface area contributed by atoms with Crippen molar-refractivity contribution < 1.29 is 9.59 Å². The maximum absolute atomic E-state index is 13.8. The highest BCUT2D eigenvalue weighted by Gasteiger charge is 2.47. The summed E-state index contributed by atoms with van der Waals surface area (Å²) in [7, 11) is 0. The molecule has 3 heterocycles. The molecule has 0 saturated carbocycles. The van der Waals surface area contributed by atoms with Gasteiger partial charge in [-0.05, 0) is 42.5 Å². The number of amides is 2. The lowest BCUT2D eigenvalue weighted by molar-refractivity contribution is -0.160. The van der Waals surface area contributed by atoms with Crippen molar-refractivity contribution in [1.29, 1.82) is 0 Å². The summed E-state index contributed by atoms with van der Waals surface area (Å²) in [6, 6.07) is 26.2. The van der Waals surface area contributed by atoms with Crippen LogP contribution in [-0.2, 0) is 29.0 Å². The largest absolute Gasteiger partial charge is 0.356 e. The lowest BCUT2D eigenvalue weighted by Gasteiger charge is -2.47. The number of H-pyrrole nitrogens is 1. The van der Waals surface area contributed by atoms with Crippen LogP contribution in [0.1, 0.15) is 40.4 Å². The van der Waals surface area contributed by atoms with Gasteiger partial charge in [-0.25, -0.2) is 0 Å². The van der Waals surface area contributed by atoms with E-state index in [-0.39, 0.29) is 24.4 Å².